The van der Waals surface area contributed by atoms with Crippen molar-refractivity contribution >= 4 is 11.7 Å². The topological polar surface area (TPSA) is 69.4 Å². The van der Waals surface area contributed by atoms with Crippen LogP contribution in [0, 0.1) is 10.1 Å². The number of nitro benzene ring substituents is 1. The van der Waals surface area contributed by atoms with Crippen LogP contribution in [0.5, 0.6) is 0 Å². The number of non-ortho nitro benzene ring substituents is 1. The molecule has 0 heterocycles. The SMILES string of the molecule is CCC(C)(C(=O)OC)c1cccc([N+](=O)[O-])c1. The summed E-state index contributed by atoms with van der Waals surface area (Å²) in [7, 11) is 1.31. The second-order valence-corrected chi connectivity index (χ2v) is 3.98. The Morgan fingerprint density at radius 2 is 2.18 bits per heavy atom. The van der Waals surface area contributed by atoms with Crippen molar-refractivity contribution in [3.05, 3.63) is 39.9 Å². The third-order valence-electron chi connectivity index (χ3n) is 3.04. The molecule has 0 aliphatic heterocycles. The minimum absolute atomic E-state index is 0.0221. The number of ether oxygens (including phenoxy) is 1. The summed E-state index contributed by atoms with van der Waals surface area (Å²) in [5.74, 6) is -0.388. The molecule has 0 N–H and O–H groups in total. The second-order valence-electron chi connectivity index (χ2n) is 3.98. The van der Waals surface area contributed by atoms with Gasteiger partial charge in [0.25, 0.3) is 5.69 Å². The summed E-state index contributed by atoms with van der Waals surface area (Å²) in [6.07, 6.45) is 0.515. The molecule has 92 valence electrons. The van der Waals surface area contributed by atoms with E-state index in [1.54, 1.807) is 19.1 Å². The molecule has 1 atom stereocenters. The van der Waals surface area contributed by atoms with Gasteiger partial charge in [0.05, 0.1) is 17.4 Å². The summed E-state index contributed by atoms with van der Waals surface area (Å²) in [6, 6.07) is 6.09. The average Bonchev–Trinajstić information content (AvgIpc) is 2.36. The van der Waals surface area contributed by atoms with Crippen molar-refractivity contribution in [3.8, 4) is 0 Å². The molecule has 0 aromatic heterocycles. The first kappa shape index (κ1) is 13.2. The number of methoxy groups -OCH3 is 1. The van der Waals surface area contributed by atoms with Crippen LogP contribution in [0.25, 0.3) is 0 Å². The van der Waals surface area contributed by atoms with Gasteiger partial charge in [-0.1, -0.05) is 19.1 Å². The van der Waals surface area contributed by atoms with Crippen LogP contribution in [0.2, 0.25) is 0 Å². The maximum absolute atomic E-state index is 11.8. The Bertz CT molecular complexity index is 444. The predicted octanol–water partition coefficient (Wildman–Crippen LogP) is 2.44. The molecule has 0 aliphatic rings. The summed E-state index contributed by atoms with van der Waals surface area (Å²) in [6.45, 7) is 3.56. The van der Waals surface area contributed by atoms with Gasteiger partial charge in [0.1, 0.15) is 0 Å². The molecule has 0 spiro atoms. The van der Waals surface area contributed by atoms with Crippen molar-refractivity contribution < 1.29 is 14.5 Å². The molecule has 1 unspecified atom stereocenters. The first-order valence-electron chi connectivity index (χ1n) is 5.29. The first-order valence-corrected chi connectivity index (χ1v) is 5.29. The lowest BCUT2D eigenvalue weighted by atomic mass is 9.80. The summed E-state index contributed by atoms with van der Waals surface area (Å²) in [5.41, 5.74) is -0.270. The summed E-state index contributed by atoms with van der Waals surface area (Å²) >= 11 is 0. The van der Waals surface area contributed by atoms with Crippen molar-refractivity contribution in [2.45, 2.75) is 25.7 Å². The fourth-order valence-corrected chi connectivity index (χ4v) is 1.65. The van der Waals surface area contributed by atoms with Crippen LogP contribution >= 0.6 is 0 Å². The Hall–Kier alpha value is -1.91. The zero-order valence-corrected chi connectivity index (χ0v) is 10.1. The molecule has 0 fully saturated rings. The van der Waals surface area contributed by atoms with Gasteiger partial charge in [-0.05, 0) is 18.9 Å². The van der Waals surface area contributed by atoms with E-state index >= 15 is 0 Å². The van der Waals surface area contributed by atoms with Gasteiger partial charge in [-0.2, -0.15) is 0 Å². The minimum atomic E-state index is -0.846. The largest absolute Gasteiger partial charge is 0.468 e. The molecular formula is C12H15NO4. The Morgan fingerprint density at radius 3 is 2.65 bits per heavy atom. The molecule has 0 radical (unpaired) electrons. The molecule has 0 saturated carbocycles. The van der Waals surface area contributed by atoms with Crippen LogP contribution in [-0.4, -0.2) is 18.0 Å². The summed E-state index contributed by atoms with van der Waals surface area (Å²) in [4.78, 5) is 22.0. The van der Waals surface area contributed by atoms with E-state index in [2.05, 4.69) is 0 Å². The van der Waals surface area contributed by atoms with Crippen molar-refractivity contribution in [2.75, 3.05) is 7.11 Å². The zero-order chi connectivity index (χ0) is 13.1. The quantitative estimate of drug-likeness (QED) is 0.458. The normalized spacial score (nSPS) is 13.8. The van der Waals surface area contributed by atoms with E-state index in [4.69, 9.17) is 4.74 Å². The number of benzene rings is 1. The number of esters is 1. The van der Waals surface area contributed by atoms with E-state index < -0.39 is 10.3 Å². The van der Waals surface area contributed by atoms with E-state index in [9.17, 15) is 14.9 Å². The van der Waals surface area contributed by atoms with Gasteiger partial charge in [0, 0.05) is 12.1 Å². The molecule has 0 saturated heterocycles. The number of carbonyl (C=O) groups is 1. The molecule has 0 amide bonds. The fraction of sp³-hybridized carbons (Fsp3) is 0.417. The van der Waals surface area contributed by atoms with E-state index in [0.717, 1.165) is 0 Å². The molecule has 1 rings (SSSR count). The van der Waals surface area contributed by atoms with E-state index in [1.807, 2.05) is 6.92 Å². The number of hydrogen-bond acceptors (Lipinski definition) is 4. The van der Waals surface area contributed by atoms with Gasteiger partial charge in [0.15, 0.2) is 0 Å². The van der Waals surface area contributed by atoms with Crippen molar-refractivity contribution in [1.29, 1.82) is 0 Å². The monoisotopic (exact) mass is 237 g/mol. The smallest absolute Gasteiger partial charge is 0.315 e. The van der Waals surface area contributed by atoms with Gasteiger partial charge >= 0.3 is 5.97 Å². The lowest BCUT2D eigenvalue weighted by molar-refractivity contribution is -0.384. The number of nitro groups is 1. The Labute approximate surface area is 99.5 Å². The van der Waals surface area contributed by atoms with Gasteiger partial charge < -0.3 is 4.74 Å². The second kappa shape index (κ2) is 4.95. The highest BCUT2D eigenvalue weighted by Crippen LogP contribution is 2.31. The van der Waals surface area contributed by atoms with E-state index in [1.165, 1.54) is 19.2 Å². The maximum Gasteiger partial charge on any atom is 0.315 e. The molecule has 1 aromatic carbocycles. The van der Waals surface area contributed by atoms with Gasteiger partial charge in [0.2, 0.25) is 0 Å². The molecule has 5 heteroatoms. The number of carbonyl (C=O) groups excluding carboxylic acids is 1. The third kappa shape index (κ3) is 2.43. The Kier molecular flexibility index (Phi) is 3.83. The molecule has 5 nitrogen and oxygen atoms in total. The van der Waals surface area contributed by atoms with Crippen LogP contribution < -0.4 is 0 Å². The molecular weight excluding hydrogens is 222 g/mol. The van der Waals surface area contributed by atoms with Crippen LogP contribution in [0.3, 0.4) is 0 Å². The Balaban J connectivity index is 3.25. The first-order chi connectivity index (χ1) is 7.95. The summed E-state index contributed by atoms with van der Waals surface area (Å²) in [5, 5.41) is 10.7. The van der Waals surface area contributed by atoms with E-state index in [-0.39, 0.29) is 11.7 Å². The van der Waals surface area contributed by atoms with Crippen molar-refractivity contribution in [3.63, 3.8) is 0 Å². The average molecular weight is 237 g/mol. The third-order valence-corrected chi connectivity index (χ3v) is 3.04. The van der Waals surface area contributed by atoms with Crippen molar-refractivity contribution in [2.24, 2.45) is 0 Å². The highest BCUT2D eigenvalue weighted by molar-refractivity contribution is 5.82. The van der Waals surface area contributed by atoms with Crippen LogP contribution in [-0.2, 0) is 14.9 Å². The predicted molar refractivity (Wildman–Crippen MR) is 62.8 cm³/mol. The van der Waals surface area contributed by atoms with Gasteiger partial charge in [-0.25, -0.2) is 0 Å². The van der Waals surface area contributed by atoms with Gasteiger partial charge in [-0.3, -0.25) is 14.9 Å². The maximum atomic E-state index is 11.8. The standard InChI is InChI=1S/C12H15NO4/c1-4-12(2,11(14)17-3)9-6-5-7-10(8-9)13(15)16/h5-8H,4H2,1-3H3. The molecule has 17 heavy (non-hydrogen) atoms. The molecule has 1 aromatic rings. The fourth-order valence-electron chi connectivity index (χ4n) is 1.65. The number of rotatable bonds is 4. The lowest BCUT2D eigenvalue weighted by Gasteiger charge is -2.25. The lowest BCUT2D eigenvalue weighted by Crippen LogP contribution is -2.33. The van der Waals surface area contributed by atoms with E-state index in [0.29, 0.717) is 12.0 Å². The zero-order valence-electron chi connectivity index (χ0n) is 10.1. The van der Waals surface area contributed by atoms with Crippen LogP contribution in [0.1, 0.15) is 25.8 Å². The summed E-state index contributed by atoms with van der Waals surface area (Å²) < 4.78 is 4.75. The highest BCUT2D eigenvalue weighted by atomic mass is 16.6. The number of nitrogens with zero attached hydrogens (tertiary/aromatic N) is 1. The minimum Gasteiger partial charge on any atom is -0.468 e. The van der Waals surface area contributed by atoms with Crippen LogP contribution in [0.15, 0.2) is 24.3 Å². The molecule has 0 aliphatic carbocycles. The number of hydrogen-bond donors (Lipinski definition) is 0. The van der Waals surface area contributed by atoms with Crippen molar-refractivity contribution in [1.82, 2.24) is 0 Å². The Morgan fingerprint density at radius 1 is 1.53 bits per heavy atom. The molecule has 0 bridgehead atoms. The van der Waals surface area contributed by atoms with Gasteiger partial charge in [-0.15, -0.1) is 0 Å². The highest BCUT2D eigenvalue weighted by Gasteiger charge is 2.35. The van der Waals surface area contributed by atoms with Crippen LogP contribution in [0.4, 0.5) is 5.69 Å².